The average molecular weight is 536 g/mol. The summed E-state index contributed by atoms with van der Waals surface area (Å²) < 4.78 is 41.6. The van der Waals surface area contributed by atoms with Crippen LogP contribution in [0.4, 0.5) is 19.0 Å². The first-order chi connectivity index (χ1) is 13.9. The second-order valence-electron chi connectivity index (χ2n) is 6.47. The third kappa shape index (κ3) is 7.18. The summed E-state index contributed by atoms with van der Waals surface area (Å²) in [4.78, 5) is 16.9. The van der Waals surface area contributed by atoms with Gasteiger partial charge in [-0.25, -0.2) is 9.97 Å². The molecular weight excluding hydrogens is 512 g/mol. The molecule has 7 nitrogen and oxygen atoms in total. The average Bonchev–Trinajstić information content (AvgIpc) is 2.74. The standard InChI is InChI=1S/C19H23F3N6O.HI/c1-23-18(28-10-8-27(9-11-28)16-4-2-3-6-24-16)26-13-15-5-7-25-17(12-15)29-14-19(20,21)22;/h2-7,12H,8-11,13-14H2,1H3,(H,23,26);1H. The van der Waals surface area contributed by atoms with Crippen LogP contribution in [0.5, 0.6) is 5.88 Å². The maximum atomic E-state index is 12.3. The first kappa shape index (κ1) is 24.0. The lowest BCUT2D eigenvalue weighted by Crippen LogP contribution is -2.52. The largest absolute Gasteiger partial charge is 0.468 e. The van der Waals surface area contributed by atoms with Crippen LogP contribution >= 0.6 is 24.0 Å². The molecule has 0 radical (unpaired) electrons. The van der Waals surface area contributed by atoms with Gasteiger partial charge in [-0.05, 0) is 23.8 Å². The molecule has 1 fully saturated rings. The van der Waals surface area contributed by atoms with Gasteiger partial charge in [0.15, 0.2) is 12.6 Å². The number of halogens is 4. The smallest absolute Gasteiger partial charge is 0.422 e. The summed E-state index contributed by atoms with van der Waals surface area (Å²) in [5, 5.41) is 3.25. The molecule has 0 bridgehead atoms. The first-order valence-corrected chi connectivity index (χ1v) is 9.20. The van der Waals surface area contributed by atoms with Crippen molar-refractivity contribution in [1.82, 2.24) is 20.2 Å². The molecular formula is C19H24F3IN6O. The molecule has 0 amide bonds. The SMILES string of the molecule is CN=C(NCc1ccnc(OCC(F)(F)F)c1)N1CCN(c2ccccn2)CC1.I. The molecule has 3 heterocycles. The molecule has 1 N–H and O–H groups in total. The zero-order valence-electron chi connectivity index (χ0n) is 16.5. The Morgan fingerprint density at radius 2 is 1.90 bits per heavy atom. The predicted octanol–water partition coefficient (Wildman–Crippen LogP) is 2.93. The number of ether oxygens (including phenoxy) is 1. The van der Waals surface area contributed by atoms with E-state index in [0.29, 0.717) is 6.54 Å². The Balaban J connectivity index is 0.00000320. The number of pyridine rings is 2. The van der Waals surface area contributed by atoms with E-state index in [1.165, 1.54) is 12.3 Å². The molecule has 1 aliphatic heterocycles. The van der Waals surface area contributed by atoms with E-state index in [-0.39, 0.29) is 29.9 Å². The van der Waals surface area contributed by atoms with Crippen molar-refractivity contribution >= 4 is 35.8 Å². The van der Waals surface area contributed by atoms with Gasteiger partial charge in [0.25, 0.3) is 0 Å². The molecule has 2 aromatic rings. The summed E-state index contributed by atoms with van der Waals surface area (Å²) in [5.41, 5.74) is 0.755. The van der Waals surface area contributed by atoms with Gasteiger partial charge in [-0.15, -0.1) is 24.0 Å². The van der Waals surface area contributed by atoms with Gasteiger partial charge in [0.05, 0.1) is 0 Å². The maximum Gasteiger partial charge on any atom is 0.422 e. The number of nitrogens with zero attached hydrogens (tertiary/aromatic N) is 5. The summed E-state index contributed by atoms with van der Waals surface area (Å²) in [5.74, 6) is 1.64. The number of nitrogens with one attached hydrogen (secondary N) is 1. The molecule has 0 saturated carbocycles. The molecule has 0 unspecified atom stereocenters. The van der Waals surface area contributed by atoms with Crippen molar-refractivity contribution in [3.63, 3.8) is 0 Å². The van der Waals surface area contributed by atoms with E-state index in [4.69, 9.17) is 4.74 Å². The maximum absolute atomic E-state index is 12.3. The van der Waals surface area contributed by atoms with Gasteiger partial charge in [0.2, 0.25) is 5.88 Å². The van der Waals surface area contributed by atoms with Crippen molar-refractivity contribution < 1.29 is 17.9 Å². The number of aromatic nitrogens is 2. The Morgan fingerprint density at radius 3 is 2.53 bits per heavy atom. The van der Waals surface area contributed by atoms with Crippen LogP contribution in [-0.2, 0) is 6.54 Å². The van der Waals surface area contributed by atoms with Crippen LogP contribution in [0.2, 0.25) is 0 Å². The molecule has 1 aliphatic rings. The van der Waals surface area contributed by atoms with Crippen LogP contribution < -0.4 is 15.0 Å². The van der Waals surface area contributed by atoms with Gasteiger partial charge in [-0.3, -0.25) is 4.99 Å². The van der Waals surface area contributed by atoms with Gasteiger partial charge in [-0.1, -0.05) is 6.07 Å². The van der Waals surface area contributed by atoms with Crippen molar-refractivity contribution in [3.8, 4) is 5.88 Å². The number of piperazine rings is 1. The Morgan fingerprint density at radius 1 is 1.13 bits per heavy atom. The summed E-state index contributed by atoms with van der Waals surface area (Å²) in [7, 11) is 1.71. The van der Waals surface area contributed by atoms with Crippen molar-refractivity contribution in [2.24, 2.45) is 4.99 Å². The zero-order valence-corrected chi connectivity index (χ0v) is 18.8. The van der Waals surface area contributed by atoms with Crippen molar-refractivity contribution in [1.29, 1.82) is 0 Å². The van der Waals surface area contributed by atoms with Gasteiger partial charge in [-0.2, -0.15) is 13.2 Å². The fourth-order valence-electron chi connectivity index (χ4n) is 3.00. The Hall–Kier alpha value is -2.31. The number of guanidine groups is 1. The van der Waals surface area contributed by atoms with Crippen molar-refractivity contribution in [3.05, 3.63) is 48.3 Å². The van der Waals surface area contributed by atoms with Crippen LogP contribution in [0.3, 0.4) is 0 Å². The van der Waals surface area contributed by atoms with Crippen LogP contribution in [-0.4, -0.2) is 66.8 Å². The number of anilines is 1. The van der Waals surface area contributed by atoms with Gasteiger partial charge < -0.3 is 19.9 Å². The molecule has 3 rings (SSSR count). The normalized spacial score (nSPS) is 14.9. The van der Waals surface area contributed by atoms with E-state index in [1.807, 2.05) is 18.2 Å². The Labute approximate surface area is 190 Å². The van der Waals surface area contributed by atoms with Crippen molar-refractivity contribution in [2.45, 2.75) is 12.7 Å². The highest BCUT2D eigenvalue weighted by Crippen LogP contribution is 2.18. The molecule has 164 valence electrons. The highest BCUT2D eigenvalue weighted by atomic mass is 127. The molecule has 2 aromatic heterocycles. The number of hydrogen-bond acceptors (Lipinski definition) is 5. The fraction of sp³-hybridized carbons (Fsp3) is 0.421. The molecule has 1 saturated heterocycles. The summed E-state index contributed by atoms with van der Waals surface area (Å²) >= 11 is 0. The second kappa shape index (κ2) is 11.2. The molecule has 0 atom stereocenters. The monoisotopic (exact) mass is 536 g/mol. The van der Waals surface area contributed by atoms with Gasteiger partial charge in [0, 0.05) is 58.2 Å². The van der Waals surface area contributed by atoms with E-state index < -0.39 is 12.8 Å². The van der Waals surface area contributed by atoms with Gasteiger partial charge in [0.1, 0.15) is 5.82 Å². The lowest BCUT2D eigenvalue weighted by atomic mass is 10.2. The van der Waals surface area contributed by atoms with E-state index in [0.717, 1.165) is 43.5 Å². The Bertz CT molecular complexity index is 813. The topological polar surface area (TPSA) is 65.9 Å². The minimum atomic E-state index is -4.39. The van der Waals surface area contributed by atoms with Crippen LogP contribution in [0, 0.1) is 0 Å². The minimum Gasteiger partial charge on any atom is -0.468 e. The van der Waals surface area contributed by atoms with E-state index in [9.17, 15) is 13.2 Å². The summed E-state index contributed by atoms with van der Waals surface area (Å²) in [6.07, 6.45) is -1.18. The number of hydrogen-bond donors (Lipinski definition) is 1. The fourth-order valence-corrected chi connectivity index (χ4v) is 3.00. The molecule has 0 aromatic carbocycles. The van der Waals surface area contributed by atoms with Crippen LogP contribution in [0.25, 0.3) is 0 Å². The Kier molecular flexibility index (Phi) is 8.93. The van der Waals surface area contributed by atoms with E-state index in [2.05, 4.69) is 30.1 Å². The quantitative estimate of drug-likeness (QED) is 0.361. The lowest BCUT2D eigenvalue weighted by Gasteiger charge is -2.37. The third-order valence-electron chi connectivity index (χ3n) is 4.40. The van der Waals surface area contributed by atoms with Crippen LogP contribution in [0.15, 0.2) is 47.7 Å². The predicted molar refractivity (Wildman–Crippen MR) is 119 cm³/mol. The molecule has 0 aliphatic carbocycles. The first-order valence-electron chi connectivity index (χ1n) is 9.20. The van der Waals surface area contributed by atoms with E-state index >= 15 is 0 Å². The highest BCUT2D eigenvalue weighted by Gasteiger charge is 2.28. The van der Waals surface area contributed by atoms with Gasteiger partial charge >= 0.3 is 6.18 Å². The summed E-state index contributed by atoms with van der Waals surface area (Å²) in [6, 6.07) is 9.07. The number of alkyl halides is 3. The minimum absolute atomic E-state index is 0. The third-order valence-corrected chi connectivity index (χ3v) is 4.40. The zero-order chi connectivity index (χ0) is 20.7. The lowest BCUT2D eigenvalue weighted by molar-refractivity contribution is -0.154. The number of aliphatic imine (C=N–C) groups is 1. The molecule has 0 spiro atoms. The molecule has 30 heavy (non-hydrogen) atoms. The molecule has 11 heteroatoms. The van der Waals surface area contributed by atoms with Crippen LogP contribution in [0.1, 0.15) is 5.56 Å². The highest BCUT2D eigenvalue weighted by molar-refractivity contribution is 14.0. The number of rotatable bonds is 5. The van der Waals surface area contributed by atoms with E-state index in [1.54, 1.807) is 19.3 Å². The second-order valence-corrected chi connectivity index (χ2v) is 6.47. The summed E-state index contributed by atoms with van der Waals surface area (Å²) in [6.45, 7) is 2.25. The van der Waals surface area contributed by atoms with Crippen molar-refractivity contribution in [2.75, 3.05) is 44.7 Å².